The summed E-state index contributed by atoms with van der Waals surface area (Å²) in [5.41, 5.74) is 0.843. The Balaban J connectivity index is 2.01. The van der Waals surface area contributed by atoms with Gasteiger partial charge in [-0.2, -0.15) is 0 Å². The molecule has 1 heterocycles. The summed E-state index contributed by atoms with van der Waals surface area (Å²) in [6.07, 6.45) is 4.17. The molecule has 1 saturated carbocycles. The average molecular weight is 164 g/mol. The van der Waals surface area contributed by atoms with E-state index in [0.717, 1.165) is 5.56 Å². The fraction of sp³-hybridized carbons (Fsp3) is 0.444. The van der Waals surface area contributed by atoms with Gasteiger partial charge in [-0.3, -0.25) is 4.79 Å². The van der Waals surface area contributed by atoms with Gasteiger partial charge in [0.05, 0.1) is 0 Å². The van der Waals surface area contributed by atoms with Crippen molar-refractivity contribution >= 4 is 0 Å². The Morgan fingerprint density at radius 3 is 3.08 bits per heavy atom. The molecule has 12 heavy (non-hydrogen) atoms. The molecule has 0 radical (unpaired) electrons. The number of hydrogen-bond donors (Lipinski definition) is 2. The average Bonchev–Trinajstić information content (AvgIpc) is 2.86. The van der Waals surface area contributed by atoms with E-state index in [2.05, 4.69) is 10.3 Å². The van der Waals surface area contributed by atoms with Crippen molar-refractivity contribution in [3.05, 3.63) is 34.2 Å². The van der Waals surface area contributed by atoms with Gasteiger partial charge in [0.2, 0.25) is 0 Å². The topological polar surface area (TPSA) is 44.9 Å². The second-order valence-corrected chi connectivity index (χ2v) is 3.18. The van der Waals surface area contributed by atoms with Gasteiger partial charge < -0.3 is 10.3 Å². The summed E-state index contributed by atoms with van der Waals surface area (Å²) < 4.78 is 0. The maximum absolute atomic E-state index is 11.2. The quantitative estimate of drug-likeness (QED) is 0.688. The number of aromatic amines is 1. The fourth-order valence-electron chi connectivity index (χ4n) is 1.14. The fourth-order valence-corrected chi connectivity index (χ4v) is 1.14. The lowest BCUT2D eigenvalue weighted by atomic mass is 10.3. The lowest BCUT2D eigenvalue weighted by molar-refractivity contribution is 0.682. The van der Waals surface area contributed by atoms with E-state index in [0.29, 0.717) is 12.6 Å². The molecule has 0 saturated heterocycles. The van der Waals surface area contributed by atoms with Gasteiger partial charge in [-0.15, -0.1) is 0 Å². The zero-order chi connectivity index (χ0) is 8.39. The van der Waals surface area contributed by atoms with Gasteiger partial charge in [0.1, 0.15) is 0 Å². The van der Waals surface area contributed by atoms with Gasteiger partial charge in [0.15, 0.2) is 0 Å². The number of aromatic nitrogens is 1. The molecule has 0 unspecified atom stereocenters. The highest BCUT2D eigenvalue weighted by atomic mass is 16.1. The molecule has 0 aliphatic heterocycles. The van der Waals surface area contributed by atoms with Gasteiger partial charge in [-0.25, -0.2) is 0 Å². The second-order valence-electron chi connectivity index (χ2n) is 3.18. The highest BCUT2D eigenvalue weighted by molar-refractivity contribution is 5.09. The molecule has 1 aliphatic carbocycles. The number of pyridine rings is 1. The van der Waals surface area contributed by atoms with Crippen molar-refractivity contribution in [1.29, 1.82) is 0 Å². The maximum atomic E-state index is 11.2. The van der Waals surface area contributed by atoms with Gasteiger partial charge in [-0.1, -0.05) is 6.07 Å². The Hall–Kier alpha value is -1.09. The van der Waals surface area contributed by atoms with Crippen LogP contribution in [-0.2, 0) is 6.54 Å². The van der Waals surface area contributed by atoms with E-state index in [9.17, 15) is 4.79 Å². The highest BCUT2D eigenvalue weighted by Crippen LogP contribution is 2.18. The van der Waals surface area contributed by atoms with Gasteiger partial charge in [0.25, 0.3) is 5.56 Å². The predicted octanol–water partition coefficient (Wildman–Crippen LogP) is 0.627. The van der Waals surface area contributed by atoms with E-state index in [1.54, 1.807) is 6.20 Å². The van der Waals surface area contributed by atoms with Crippen LogP contribution in [0.1, 0.15) is 18.4 Å². The first-order valence-electron chi connectivity index (χ1n) is 4.26. The van der Waals surface area contributed by atoms with Crippen molar-refractivity contribution in [3.63, 3.8) is 0 Å². The Morgan fingerprint density at radius 2 is 2.42 bits per heavy atom. The van der Waals surface area contributed by atoms with E-state index in [-0.39, 0.29) is 5.56 Å². The Labute approximate surface area is 70.8 Å². The lowest BCUT2D eigenvalue weighted by Gasteiger charge is -2.00. The lowest BCUT2D eigenvalue weighted by Crippen LogP contribution is -2.21. The summed E-state index contributed by atoms with van der Waals surface area (Å²) in [6, 6.07) is 4.36. The van der Waals surface area contributed by atoms with E-state index in [1.807, 2.05) is 12.1 Å². The normalized spacial score (nSPS) is 16.3. The number of H-pyrrole nitrogens is 1. The molecule has 1 aromatic heterocycles. The monoisotopic (exact) mass is 164 g/mol. The molecular weight excluding hydrogens is 152 g/mol. The van der Waals surface area contributed by atoms with E-state index < -0.39 is 0 Å². The van der Waals surface area contributed by atoms with E-state index in [1.165, 1.54) is 12.8 Å². The van der Waals surface area contributed by atoms with Crippen molar-refractivity contribution < 1.29 is 0 Å². The molecule has 64 valence electrons. The number of rotatable bonds is 3. The van der Waals surface area contributed by atoms with Crippen LogP contribution in [0.4, 0.5) is 0 Å². The summed E-state index contributed by atoms with van der Waals surface area (Å²) in [6.45, 7) is 0.695. The zero-order valence-electron chi connectivity index (χ0n) is 6.84. The third-order valence-corrected chi connectivity index (χ3v) is 2.06. The van der Waals surface area contributed by atoms with Crippen LogP contribution in [0, 0.1) is 0 Å². The highest BCUT2D eigenvalue weighted by Gasteiger charge is 2.20. The third kappa shape index (κ3) is 1.74. The summed E-state index contributed by atoms with van der Waals surface area (Å²) in [5, 5.41) is 3.29. The standard InChI is InChI=1S/C9H12N2O/c12-9-7(2-1-5-10-9)6-11-8-3-4-8/h1-2,5,8,11H,3-4,6H2,(H,10,12). The largest absolute Gasteiger partial charge is 0.329 e. The van der Waals surface area contributed by atoms with Crippen molar-refractivity contribution in [2.75, 3.05) is 0 Å². The first-order valence-corrected chi connectivity index (χ1v) is 4.26. The van der Waals surface area contributed by atoms with Crippen molar-refractivity contribution in [1.82, 2.24) is 10.3 Å². The summed E-state index contributed by atoms with van der Waals surface area (Å²) in [5.74, 6) is 0. The second kappa shape index (κ2) is 3.11. The Bertz CT molecular complexity index is 314. The minimum absolute atomic E-state index is 0.0191. The van der Waals surface area contributed by atoms with Crippen LogP contribution in [-0.4, -0.2) is 11.0 Å². The third-order valence-electron chi connectivity index (χ3n) is 2.06. The summed E-state index contributed by atoms with van der Waals surface area (Å²) >= 11 is 0. The van der Waals surface area contributed by atoms with Crippen LogP contribution in [0.3, 0.4) is 0 Å². The molecule has 0 spiro atoms. The molecular formula is C9H12N2O. The first-order chi connectivity index (χ1) is 5.86. The molecule has 1 aliphatic rings. The molecule has 2 N–H and O–H groups in total. The van der Waals surface area contributed by atoms with Gasteiger partial charge in [-0.05, 0) is 18.9 Å². The zero-order valence-corrected chi connectivity index (χ0v) is 6.84. The molecule has 0 aromatic carbocycles. The van der Waals surface area contributed by atoms with Crippen LogP contribution < -0.4 is 10.9 Å². The molecule has 0 atom stereocenters. The van der Waals surface area contributed by atoms with Crippen LogP contribution >= 0.6 is 0 Å². The van der Waals surface area contributed by atoms with Crippen LogP contribution in [0.2, 0.25) is 0 Å². The molecule has 1 fully saturated rings. The minimum atomic E-state index is 0.0191. The van der Waals surface area contributed by atoms with E-state index in [4.69, 9.17) is 0 Å². The Kier molecular flexibility index (Phi) is 1.96. The molecule has 1 aromatic rings. The van der Waals surface area contributed by atoms with Crippen molar-refractivity contribution in [2.24, 2.45) is 0 Å². The van der Waals surface area contributed by atoms with Crippen LogP contribution in [0.25, 0.3) is 0 Å². The molecule has 3 nitrogen and oxygen atoms in total. The predicted molar refractivity (Wildman–Crippen MR) is 46.9 cm³/mol. The first kappa shape index (κ1) is 7.55. The summed E-state index contributed by atoms with van der Waals surface area (Å²) in [4.78, 5) is 13.8. The van der Waals surface area contributed by atoms with Crippen molar-refractivity contribution in [2.45, 2.75) is 25.4 Å². The SMILES string of the molecule is O=c1[nH]cccc1CNC1CC1. The smallest absolute Gasteiger partial charge is 0.252 e. The van der Waals surface area contributed by atoms with Gasteiger partial charge in [0, 0.05) is 24.3 Å². The molecule has 0 amide bonds. The molecule has 3 heteroatoms. The van der Waals surface area contributed by atoms with E-state index >= 15 is 0 Å². The number of nitrogens with one attached hydrogen (secondary N) is 2. The molecule has 0 bridgehead atoms. The Morgan fingerprint density at radius 1 is 1.58 bits per heavy atom. The minimum Gasteiger partial charge on any atom is -0.329 e. The summed E-state index contributed by atoms with van der Waals surface area (Å²) in [7, 11) is 0. The van der Waals surface area contributed by atoms with Crippen LogP contribution in [0.15, 0.2) is 23.1 Å². The van der Waals surface area contributed by atoms with Crippen molar-refractivity contribution in [3.8, 4) is 0 Å². The van der Waals surface area contributed by atoms with Crippen LogP contribution in [0.5, 0.6) is 0 Å². The van der Waals surface area contributed by atoms with Gasteiger partial charge >= 0.3 is 0 Å². The maximum Gasteiger partial charge on any atom is 0.252 e. The molecule has 2 rings (SSSR count). The number of hydrogen-bond acceptors (Lipinski definition) is 2.